The predicted molar refractivity (Wildman–Crippen MR) is 107 cm³/mol. The van der Waals surface area contributed by atoms with Gasteiger partial charge >= 0.3 is 0 Å². The molecule has 4 aromatic rings. The Kier molecular flexibility index (Phi) is 5.03. The summed E-state index contributed by atoms with van der Waals surface area (Å²) < 4.78 is 14.8. The van der Waals surface area contributed by atoms with Crippen LogP contribution in [0.2, 0.25) is 0 Å². The second kappa shape index (κ2) is 7.77. The summed E-state index contributed by atoms with van der Waals surface area (Å²) in [5, 5.41) is 16.3. The molecule has 0 aliphatic heterocycles. The summed E-state index contributed by atoms with van der Waals surface area (Å²) in [6.07, 6.45) is 0. The first kappa shape index (κ1) is 18.1. The molecule has 0 saturated carbocycles. The number of aromatic nitrogens is 4. The van der Waals surface area contributed by atoms with E-state index in [0.717, 1.165) is 11.3 Å². The van der Waals surface area contributed by atoms with Gasteiger partial charge in [0, 0.05) is 11.3 Å². The topological polar surface area (TPSA) is 72.2 Å². The zero-order valence-electron chi connectivity index (χ0n) is 15.0. The van der Waals surface area contributed by atoms with Crippen molar-refractivity contribution in [2.45, 2.75) is 11.9 Å². The number of amides is 1. The monoisotopic (exact) mass is 393 g/mol. The molecule has 0 aliphatic rings. The molecule has 0 fully saturated rings. The Bertz CT molecular complexity index is 1140. The van der Waals surface area contributed by atoms with E-state index < -0.39 is 0 Å². The van der Waals surface area contributed by atoms with Crippen molar-refractivity contribution >= 4 is 29.0 Å². The molecule has 4 rings (SSSR count). The number of hydrogen-bond donors (Lipinski definition) is 1. The summed E-state index contributed by atoms with van der Waals surface area (Å²) in [5.41, 5.74) is 3.14. The molecule has 2 heterocycles. The average molecular weight is 393 g/mol. The largest absolute Gasteiger partial charge is 0.325 e. The molecule has 8 heteroatoms. The van der Waals surface area contributed by atoms with Crippen LogP contribution in [-0.4, -0.2) is 31.5 Å². The van der Waals surface area contributed by atoms with Crippen molar-refractivity contribution in [2.75, 3.05) is 11.1 Å². The van der Waals surface area contributed by atoms with E-state index in [9.17, 15) is 9.18 Å². The third-order valence-corrected chi connectivity index (χ3v) is 4.91. The Morgan fingerprint density at radius 2 is 1.93 bits per heavy atom. The van der Waals surface area contributed by atoms with Crippen molar-refractivity contribution < 1.29 is 9.18 Å². The highest BCUT2D eigenvalue weighted by Crippen LogP contribution is 2.21. The molecule has 1 N–H and O–H groups in total. The van der Waals surface area contributed by atoms with Gasteiger partial charge in [-0.05, 0) is 61.0 Å². The first-order chi connectivity index (χ1) is 13.6. The molecule has 0 atom stereocenters. The molecule has 0 spiro atoms. The minimum Gasteiger partial charge on any atom is -0.325 e. The fourth-order valence-corrected chi connectivity index (χ4v) is 3.34. The molecular formula is C20H16FN5OS. The lowest BCUT2D eigenvalue weighted by molar-refractivity contribution is -0.113. The van der Waals surface area contributed by atoms with Gasteiger partial charge < -0.3 is 5.32 Å². The Hall–Kier alpha value is -3.26. The first-order valence-corrected chi connectivity index (χ1v) is 9.55. The Morgan fingerprint density at radius 3 is 2.71 bits per heavy atom. The van der Waals surface area contributed by atoms with Crippen LogP contribution < -0.4 is 5.32 Å². The van der Waals surface area contributed by atoms with E-state index >= 15 is 0 Å². The van der Waals surface area contributed by atoms with Gasteiger partial charge in [0.25, 0.3) is 0 Å². The van der Waals surface area contributed by atoms with Crippen LogP contribution in [-0.2, 0) is 4.79 Å². The van der Waals surface area contributed by atoms with Gasteiger partial charge in [-0.15, -0.1) is 10.2 Å². The maximum absolute atomic E-state index is 13.2. The van der Waals surface area contributed by atoms with Gasteiger partial charge in [-0.3, -0.25) is 4.79 Å². The van der Waals surface area contributed by atoms with E-state index in [-0.39, 0.29) is 17.5 Å². The number of hydrogen-bond acceptors (Lipinski definition) is 5. The number of halogens is 1. The molecule has 6 nitrogen and oxygen atoms in total. The van der Waals surface area contributed by atoms with Crippen LogP contribution in [0.4, 0.5) is 10.1 Å². The van der Waals surface area contributed by atoms with Crippen molar-refractivity contribution in [3.63, 3.8) is 0 Å². The molecule has 28 heavy (non-hydrogen) atoms. The lowest BCUT2D eigenvalue weighted by Crippen LogP contribution is -2.14. The van der Waals surface area contributed by atoms with Crippen molar-refractivity contribution in [1.29, 1.82) is 0 Å². The highest BCUT2D eigenvalue weighted by atomic mass is 32.2. The number of fused-ring (bicyclic) bond motifs is 1. The van der Waals surface area contributed by atoms with Gasteiger partial charge in [-0.25, -0.2) is 4.39 Å². The lowest BCUT2D eigenvalue weighted by Gasteiger charge is -2.06. The molecule has 1 amide bonds. The predicted octanol–water partition coefficient (Wildman–Crippen LogP) is 3.97. The zero-order valence-corrected chi connectivity index (χ0v) is 15.8. The number of benzene rings is 2. The van der Waals surface area contributed by atoms with Gasteiger partial charge in [0.2, 0.25) is 5.91 Å². The third-order valence-electron chi connectivity index (χ3n) is 3.99. The Morgan fingerprint density at radius 1 is 1.11 bits per heavy atom. The van der Waals surface area contributed by atoms with Crippen LogP contribution in [0, 0.1) is 12.7 Å². The summed E-state index contributed by atoms with van der Waals surface area (Å²) in [5.74, 6) is 0.309. The van der Waals surface area contributed by atoms with Crippen LogP contribution in [0.5, 0.6) is 0 Å². The number of carbonyl (C=O) groups excluding carboxylic acids is 1. The second-order valence-electron chi connectivity index (χ2n) is 6.18. The average Bonchev–Trinajstić information content (AvgIpc) is 3.10. The van der Waals surface area contributed by atoms with E-state index in [1.165, 1.54) is 23.9 Å². The van der Waals surface area contributed by atoms with Crippen LogP contribution >= 0.6 is 11.8 Å². The number of nitrogens with one attached hydrogen (secondary N) is 1. The number of aryl methyl sites for hydroxylation is 1. The van der Waals surface area contributed by atoms with E-state index in [2.05, 4.69) is 20.6 Å². The van der Waals surface area contributed by atoms with E-state index in [1.54, 1.807) is 28.8 Å². The minimum absolute atomic E-state index is 0.111. The summed E-state index contributed by atoms with van der Waals surface area (Å²) in [6, 6.07) is 17.2. The minimum atomic E-state index is -0.318. The van der Waals surface area contributed by atoms with Gasteiger partial charge in [-0.1, -0.05) is 23.9 Å². The van der Waals surface area contributed by atoms with Gasteiger partial charge in [0.15, 0.2) is 11.5 Å². The highest BCUT2D eigenvalue weighted by molar-refractivity contribution is 7.99. The molecule has 0 radical (unpaired) electrons. The normalized spacial score (nSPS) is 10.9. The van der Waals surface area contributed by atoms with Gasteiger partial charge in [0.1, 0.15) is 10.8 Å². The van der Waals surface area contributed by atoms with Crippen molar-refractivity contribution in [3.8, 4) is 11.4 Å². The number of anilines is 1. The Balaban J connectivity index is 1.49. The smallest absolute Gasteiger partial charge is 0.234 e. The zero-order chi connectivity index (χ0) is 19.5. The van der Waals surface area contributed by atoms with Crippen molar-refractivity contribution in [3.05, 3.63) is 72.0 Å². The summed E-state index contributed by atoms with van der Waals surface area (Å²) in [7, 11) is 0. The summed E-state index contributed by atoms with van der Waals surface area (Å²) >= 11 is 1.32. The summed E-state index contributed by atoms with van der Waals surface area (Å²) in [6.45, 7) is 1.97. The number of nitrogens with zero attached hydrogens (tertiary/aromatic N) is 4. The standard InChI is InChI=1S/C20H16FN5OS/c1-13-3-2-4-16(11-13)22-18(27)12-28-19-10-9-17-23-24-20(26(17)25-19)14-5-7-15(21)8-6-14/h2-11H,12H2,1H3,(H,22,27). The van der Waals surface area contributed by atoms with E-state index in [4.69, 9.17) is 0 Å². The van der Waals surface area contributed by atoms with Crippen LogP contribution in [0.1, 0.15) is 5.56 Å². The molecule has 140 valence electrons. The van der Waals surface area contributed by atoms with Crippen molar-refractivity contribution in [1.82, 2.24) is 19.8 Å². The summed E-state index contributed by atoms with van der Waals surface area (Å²) in [4.78, 5) is 12.2. The van der Waals surface area contributed by atoms with Crippen molar-refractivity contribution in [2.24, 2.45) is 0 Å². The number of thioether (sulfide) groups is 1. The maximum atomic E-state index is 13.2. The molecular weight excluding hydrogens is 377 g/mol. The highest BCUT2D eigenvalue weighted by Gasteiger charge is 2.11. The molecule has 0 bridgehead atoms. The van der Waals surface area contributed by atoms with Crippen LogP contribution in [0.3, 0.4) is 0 Å². The Labute approximate surface area is 164 Å². The molecule has 2 aromatic carbocycles. The lowest BCUT2D eigenvalue weighted by atomic mass is 10.2. The van der Waals surface area contributed by atoms with Gasteiger partial charge in [0.05, 0.1) is 5.75 Å². The van der Waals surface area contributed by atoms with Crippen LogP contribution in [0.15, 0.2) is 65.7 Å². The fourth-order valence-electron chi connectivity index (χ4n) is 2.69. The second-order valence-corrected chi connectivity index (χ2v) is 7.17. The maximum Gasteiger partial charge on any atom is 0.234 e. The molecule has 0 saturated heterocycles. The fraction of sp³-hybridized carbons (Fsp3) is 0.100. The molecule has 2 aromatic heterocycles. The van der Waals surface area contributed by atoms with Crippen LogP contribution in [0.25, 0.3) is 17.0 Å². The quantitative estimate of drug-likeness (QED) is 0.520. The number of carbonyl (C=O) groups is 1. The molecule has 0 unspecified atom stereocenters. The van der Waals surface area contributed by atoms with E-state index in [1.807, 2.05) is 31.2 Å². The third kappa shape index (κ3) is 4.01. The molecule has 0 aliphatic carbocycles. The number of rotatable bonds is 5. The first-order valence-electron chi connectivity index (χ1n) is 8.56. The SMILES string of the molecule is Cc1cccc(NC(=O)CSc2ccc3nnc(-c4ccc(F)cc4)n3n2)c1. The van der Waals surface area contributed by atoms with E-state index in [0.29, 0.717) is 22.1 Å². The van der Waals surface area contributed by atoms with Gasteiger partial charge in [-0.2, -0.15) is 9.61 Å².